The summed E-state index contributed by atoms with van der Waals surface area (Å²) in [6, 6.07) is 10.6. The summed E-state index contributed by atoms with van der Waals surface area (Å²) >= 11 is 0. The highest BCUT2D eigenvalue weighted by molar-refractivity contribution is 6.04. The molecule has 136 valence electrons. The maximum absolute atomic E-state index is 12.3. The number of para-hydroxylation sites is 1. The van der Waals surface area contributed by atoms with E-state index in [1.807, 2.05) is 23.5 Å². The lowest BCUT2D eigenvalue weighted by Crippen LogP contribution is -2.34. The molecule has 0 atom stereocenters. The van der Waals surface area contributed by atoms with Gasteiger partial charge >= 0.3 is 6.18 Å². The average molecular weight is 364 g/mol. The molecular formula is C17H15F3N4O2. The summed E-state index contributed by atoms with van der Waals surface area (Å²) in [4.78, 5) is 16.5. The molecule has 0 bridgehead atoms. The number of amides is 1. The number of halogens is 3. The molecule has 1 N–H and O–H groups in total. The molecule has 0 aliphatic carbocycles. The second kappa shape index (κ2) is 6.66. The largest absolute Gasteiger partial charge is 0.496 e. The number of hydrogen-bond donors (Lipinski definition) is 1. The molecule has 0 saturated heterocycles. The number of alkyl halides is 3. The predicted octanol–water partition coefficient (Wildman–Crippen LogP) is 2.94. The van der Waals surface area contributed by atoms with Gasteiger partial charge in [0.05, 0.1) is 18.2 Å². The van der Waals surface area contributed by atoms with Crippen molar-refractivity contribution in [3.05, 3.63) is 42.1 Å². The fourth-order valence-corrected chi connectivity index (χ4v) is 2.57. The smallest absolute Gasteiger partial charge is 0.405 e. The van der Waals surface area contributed by atoms with E-state index in [1.165, 1.54) is 4.68 Å². The molecule has 2 heterocycles. The Morgan fingerprint density at radius 1 is 1.23 bits per heavy atom. The van der Waals surface area contributed by atoms with Crippen molar-refractivity contribution in [2.45, 2.75) is 6.18 Å². The van der Waals surface area contributed by atoms with Crippen LogP contribution in [0.15, 0.2) is 36.4 Å². The number of carbonyl (C=O) groups excluding carboxylic acids is 1. The second-order valence-corrected chi connectivity index (χ2v) is 5.54. The summed E-state index contributed by atoms with van der Waals surface area (Å²) in [6.45, 7) is -1.42. The van der Waals surface area contributed by atoms with Gasteiger partial charge in [-0.2, -0.15) is 18.3 Å². The summed E-state index contributed by atoms with van der Waals surface area (Å²) < 4.78 is 43.6. The second-order valence-electron chi connectivity index (χ2n) is 5.54. The number of nitrogens with zero attached hydrogens (tertiary/aromatic N) is 3. The summed E-state index contributed by atoms with van der Waals surface area (Å²) in [7, 11) is 3.12. The van der Waals surface area contributed by atoms with E-state index in [-0.39, 0.29) is 5.69 Å². The number of pyridine rings is 1. The minimum absolute atomic E-state index is 0.106. The van der Waals surface area contributed by atoms with E-state index >= 15 is 0 Å². The number of ether oxygens (including phenoxy) is 1. The lowest BCUT2D eigenvalue weighted by molar-refractivity contribution is -0.123. The van der Waals surface area contributed by atoms with Crippen LogP contribution in [-0.2, 0) is 7.05 Å². The molecule has 2 aromatic heterocycles. The van der Waals surface area contributed by atoms with Gasteiger partial charge in [-0.15, -0.1) is 0 Å². The first-order valence-electron chi connectivity index (χ1n) is 7.62. The standard InChI is InChI=1S/C17H15F3N4O2/c1-24-15-11(14(23-24)16(25)21-9-17(18,19)20)7-8-12(22-15)10-5-3-4-6-13(10)26-2/h3-8H,9H2,1-2H3,(H,21,25). The van der Waals surface area contributed by atoms with E-state index in [2.05, 4.69) is 10.1 Å². The van der Waals surface area contributed by atoms with E-state index < -0.39 is 18.6 Å². The third-order valence-corrected chi connectivity index (χ3v) is 3.73. The number of carbonyl (C=O) groups is 1. The van der Waals surface area contributed by atoms with Crippen LogP contribution in [-0.4, -0.2) is 40.5 Å². The molecular weight excluding hydrogens is 349 g/mol. The molecule has 26 heavy (non-hydrogen) atoms. The van der Waals surface area contributed by atoms with Gasteiger partial charge in [0.1, 0.15) is 12.3 Å². The molecule has 3 aromatic rings. The van der Waals surface area contributed by atoms with Crippen molar-refractivity contribution in [2.24, 2.45) is 7.05 Å². The van der Waals surface area contributed by atoms with Crippen LogP contribution in [0, 0.1) is 0 Å². The molecule has 9 heteroatoms. The van der Waals surface area contributed by atoms with Crippen LogP contribution in [0.5, 0.6) is 5.75 Å². The number of aryl methyl sites for hydroxylation is 1. The maximum atomic E-state index is 12.3. The molecule has 0 aliphatic heterocycles. The van der Waals surface area contributed by atoms with Gasteiger partial charge in [0, 0.05) is 12.6 Å². The third kappa shape index (κ3) is 3.46. The molecule has 0 unspecified atom stereocenters. The zero-order valence-electron chi connectivity index (χ0n) is 14.0. The molecule has 6 nitrogen and oxygen atoms in total. The number of hydrogen-bond acceptors (Lipinski definition) is 4. The van der Waals surface area contributed by atoms with Gasteiger partial charge in [-0.3, -0.25) is 4.79 Å². The van der Waals surface area contributed by atoms with E-state index in [0.717, 1.165) is 5.56 Å². The van der Waals surface area contributed by atoms with Gasteiger partial charge in [0.2, 0.25) is 0 Å². The summed E-state index contributed by atoms with van der Waals surface area (Å²) in [5.74, 6) is -0.274. The molecule has 3 rings (SSSR count). The monoisotopic (exact) mass is 364 g/mol. The van der Waals surface area contributed by atoms with Gasteiger partial charge in [-0.25, -0.2) is 9.67 Å². The number of methoxy groups -OCH3 is 1. The molecule has 0 fully saturated rings. The topological polar surface area (TPSA) is 69.0 Å². The van der Waals surface area contributed by atoms with Crippen molar-refractivity contribution >= 4 is 16.9 Å². The first-order valence-corrected chi connectivity index (χ1v) is 7.62. The van der Waals surface area contributed by atoms with Gasteiger partial charge in [0.25, 0.3) is 5.91 Å². The highest BCUT2D eigenvalue weighted by atomic mass is 19.4. The number of rotatable bonds is 4. The average Bonchev–Trinajstić information content (AvgIpc) is 2.95. The molecule has 0 saturated carbocycles. The zero-order chi connectivity index (χ0) is 18.9. The molecule has 0 aliphatic rings. The predicted molar refractivity (Wildman–Crippen MR) is 88.9 cm³/mol. The van der Waals surface area contributed by atoms with Crippen molar-refractivity contribution < 1.29 is 22.7 Å². The van der Waals surface area contributed by atoms with Crippen LogP contribution in [0.1, 0.15) is 10.5 Å². The quantitative estimate of drug-likeness (QED) is 0.773. The van der Waals surface area contributed by atoms with E-state index in [1.54, 1.807) is 32.4 Å². The van der Waals surface area contributed by atoms with Crippen LogP contribution >= 0.6 is 0 Å². The maximum Gasteiger partial charge on any atom is 0.405 e. The lowest BCUT2D eigenvalue weighted by Gasteiger charge is -2.08. The molecule has 0 spiro atoms. The van der Waals surface area contributed by atoms with Crippen LogP contribution in [0.4, 0.5) is 13.2 Å². The van der Waals surface area contributed by atoms with Gasteiger partial charge in [-0.05, 0) is 24.3 Å². The number of nitrogens with one attached hydrogen (secondary N) is 1. The van der Waals surface area contributed by atoms with Crippen LogP contribution in [0.2, 0.25) is 0 Å². The Labute approximate surface area is 146 Å². The van der Waals surface area contributed by atoms with Crippen LogP contribution in [0.25, 0.3) is 22.3 Å². The van der Waals surface area contributed by atoms with Crippen molar-refractivity contribution in [2.75, 3.05) is 13.7 Å². The van der Waals surface area contributed by atoms with Gasteiger partial charge in [0.15, 0.2) is 11.3 Å². The zero-order valence-corrected chi connectivity index (χ0v) is 14.0. The van der Waals surface area contributed by atoms with Crippen LogP contribution in [0.3, 0.4) is 0 Å². The number of benzene rings is 1. The molecule has 1 amide bonds. The van der Waals surface area contributed by atoms with Gasteiger partial charge < -0.3 is 10.1 Å². The normalized spacial score (nSPS) is 11.6. The fraction of sp³-hybridized carbons (Fsp3) is 0.235. The van der Waals surface area contributed by atoms with Crippen molar-refractivity contribution in [3.63, 3.8) is 0 Å². The Bertz CT molecular complexity index is 966. The first kappa shape index (κ1) is 17.7. The van der Waals surface area contributed by atoms with Crippen molar-refractivity contribution in [1.82, 2.24) is 20.1 Å². The summed E-state index contributed by atoms with van der Waals surface area (Å²) in [6.07, 6.45) is -4.49. The van der Waals surface area contributed by atoms with Gasteiger partial charge in [-0.1, -0.05) is 12.1 Å². The first-order chi connectivity index (χ1) is 12.3. The Morgan fingerprint density at radius 3 is 2.65 bits per heavy atom. The number of aromatic nitrogens is 3. The third-order valence-electron chi connectivity index (χ3n) is 3.73. The Morgan fingerprint density at radius 2 is 1.96 bits per heavy atom. The van der Waals surface area contributed by atoms with E-state index in [9.17, 15) is 18.0 Å². The minimum atomic E-state index is -4.49. The van der Waals surface area contributed by atoms with Crippen LogP contribution < -0.4 is 10.1 Å². The molecule has 1 aromatic carbocycles. The summed E-state index contributed by atoms with van der Waals surface area (Å²) in [5.41, 5.74) is 1.62. The molecule has 0 radical (unpaired) electrons. The minimum Gasteiger partial charge on any atom is -0.496 e. The Kier molecular flexibility index (Phi) is 4.54. The SMILES string of the molecule is COc1ccccc1-c1ccc2c(C(=O)NCC(F)(F)F)nn(C)c2n1. The van der Waals surface area contributed by atoms with E-state index in [4.69, 9.17) is 4.74 Å². The van der Waals surface area contributed by atoms with Crippen molar-refractivity contribution in [1.29, 1.82) is 0 Å². The lowest BCUT2D eigenvalue weighted by atomic mass is 10.1. The Balaban J connectivity index is 2.00. The Hall–Kier alpha value is -3.10. The highest BCUT2D eigenvalue weighted by Gasteiger charge is 2.29. The van der Waals surface area contributed by atoms with E-state index in [0.29, 0.717) is 22.5 Å². The number of fused-ring (bicyclic) bond motifs is 1. The highest BCUT2D eigenvalue weighted by Crippen LogP contribution is 2.30. The summed E-state index contributed by atoms with van der Waals surface area (Å²) in [5, 5.41) is 6.20. The fourth-order valence-electron chi connectivity index (χ4n) is 2.57. The van der Waals surface area contributed by atoms with Crippen molar-refractivity contribution in [3.8, 4) is 17.0 Å².